The Hall–Kier alpha value is -3.88. The minimum Gasteiger partial charge on any atom is -0.465 e. The van der Waals surface area contributed by atoms with E-state index in [0.29, 0.717) is 5.69 Å². The van der Waals surface area contributed by atoms with Crippen LogP contribution >= 0.6 is 0 Å². The summed E-state index contributed by atoms with van der Waals surface area (Å²) in [6.45, 7) is 0.246. The molecule has 0 aromatic heterocycles. The molecule has 2 unspecified atom stereocenters. The summed E-state index contributed by atoms with van der Waals surface area (Å²) in [7, 11) is 1.22. The van der Waals surface area contributed by atoms with Gasteiger partial charge in [0.2, 0.25) is 0 Å². The Balaban J connectivity index is 1.31. The third kappa shape index (κ3) is 5.13. The number of methoxy groups -OCH3 is 1. The maximum atomic E-state index is 12.3. The third-order valence-electron chi connectivity index (χ3n) is 6.22. The second-order valence-electron chi connectivity index (χ2n) is 8.39. The third-order valence-corrected chi connectivity index (χ3v) is 6.22. The van der Waals surface area contributed by atoms with Crippen LogP contribution in [0.15, 0.2) is 66.7 Å². The van der Waals surface area contributed by atoms with Crippen molar-refractivity contribution in [2.45, 2.75) is 24.5 Å². The Morgan fingerprint density at radius 1 is 1.00 bits per heavy atom. The molecule has 0 bridgehead atoms. The highest BCUT2D eigenvalue weighted by Gasteiger charge is 2.29. The number of carbonyl (C=O) groups is 2. The minimum absolute atomic E-state index is 0.0380. The molecule has 182 valence electrons. The van der Waals surface area contributed by atoms with Crippen LogP contribution in [0.4, 0.5) is 10.5 Å². The largest absolute Gasteiger partial charge is 0.465 e. The molecule has 3 aromatic carbocycles. The number of amides is 1. The maximum absolute atomic E-state index is 12.3. The number of aliphatic hydroxyl groups excluding tert-OH is 2. The summed E-state index contributed by atoms with van der Waals surface area (Å²) in [4.78, 5) is 24.3. The molecule has 8 nitrogen and oxygen atoms in total. The molecule has 1 aliphatic rings. The van der Waals surface area contributed by atoms with E-state index in [9.17, 15) is 19.8 Å². The van der Waals surface area contributed by atoms with Crippen LogP contribution in [0.1, 0.15) is 45.5 Å². The van der Waals surface area contributed by atoms with E-state index in [2.05, 4.69) is 17.4 Å². The highest BCUT2D eigenvalue weighted by molar-refractivity contribution is 5.92. The fraction of sp³-hybridized carbons (Fsp3) is 0.259. The number of hydrogen-bond donors (Lipinski definition) is 4. The Labute approximate surface area is 203 Å². The second kappa shape index (κ2) is 10.6. The van der Waals surface area contributed by atoms with E-state index >= 15 is 0 Å². The number of benzene rings is 3. The van der Waals surface area contributed by atoms with Gasteiger partial charge < -0.3 is 30.7 Å². The average molecular weight is 477 g/mol. The number of hydrogen-bond acceptors (Lipinski definition) is 7. The van der Waals surface area contributed by atoms with Gasteiger partial charge in [-0.05, 0) is 46.4 Å². The van der Waals surface area contributed by atoms with Crippen LogP contribution in [0.2, 0.25) is 0 Å². The monoisotopic (exact) mass is 476 g/mol. The number of nitrogens with two attached hydrogens (primary N) is 1. The average Bonchev–Trinajstić information content (AvgIpc) is 3.20. The van der Waals surface area contributed by atoms with Gasteiger partial charge in [-0.3, -0.25) is 0 Å². The smallest absolute Gasteiger partial charge is 0.407 e. The quantitative estimate of drug-likeness (QED) is 0.290. The van der Waals surface area contributed by atoms with Crippen LogP contribution in [0.25, 0.3) is 11.1 Å². The molecule has 2 atom stereocenters. The number of fused-ring (bicyclic) bond motifs is 3. The van der Waals surface area contributed by atoms with Gasteiger partial charge in [-0.15, -0.1) is 0 Å². The number of nitrogen functional groups attached to an aromatic ring is 1. The van der Waals surface area contributed by atoms with Crippen molar-refractivity contribution in [1.82, 2.24) is 5.32 Å². The lowest BCUT2D eigenvalue weighted by atomic mass is 9.96. The van der Waals surface area contributed by atoms with Crippen molar-refractivity contribution in [1.29, 1.82) is 0 Å². The second-order valence-corrected chi connectivity index (χ2v) is 8.39. The van der Waals surface area contributed by atoms with Gasteiger partial charge in [-0.25, -0.2) is 9.59 Å². The predicted octanol–water partition coefficient (Wildman–Crippen LogP) is 3.38. The molecule has 0 heterocycles. The van der Waals surface area contributed by atoms with Crippen LogP contribution in [0.3, 0.4) is 0 Å². The topological polar surface area (TPSA) is 131 Å². The van der Waals surface area contributed by atoms with E-state index in [4.69, 9.17) is 15.2 Å². The molecule has 0 aliphatic heterocycles. The maximum Gasteiger partial charge on any atom is 0.407 e. The fourth-order valence-electron chi connectivity index (χ4n) is 4.46. The predicted molar refractivity (Wildman–Crippen MR) is 131 cm³/mol. The zero-order chi connectivity index (χ0) is 24.9. The summed E-state index contributed by atoms with van der Waals surface area (Å²) in [5, 5.41) is 23.6. The van der Waals surface area contributed by atoms with Crippen LogP contribution in [-0.2, 0) is 9.47 Å². The molecule has 5 N–H and O–H groups in total. The lowest BCUT2D eigenvalue weighted by Gasteiger charge is -2.21. The van der Waals surface area contributed by atoms with E-state index in [1.165, 1.54) is 25.3 Å². The number of anilines is 1. The molecule has 3 aromatic rings. The summed E-state index contributed by atoms with van der Waals surface area (Å²) in [6.07, 6.45) is -3.18. The standard InChI is InChI=1S/C27H28N2O6/c1-34-26(32)22-14-16(28)10-11-21(22)25(31)24(30)12-13-29-27(33)35-15-23-19-8-4-2-6-17(19)18-7-3-5-9-20(18)23/h2-11,14,23-25,30-31H,12-13,15,28H2,1H3,(H,29,33). The zero-order valence-corrected chi connectivity index (χ0v) is 19.3. The number of nitrogens with one attached hydrogen (secondary N) is 1. The molecule has 0 spiro atoms. The van der Waals surface area contributed by atoms with E-state index in [-0.39, 0.29) is 36.6 Å². The molecule has 35 heavy (non-hydrogen) atoms. The van der Waals surface area contributed by atoms with Gasteiger partial charge in [-0.2, -0.15) is 0 Å². The van der Waals surface area contributed by atoms with Gasteiger partial charge in [0.25, 0.3) is 0 Å². The number of carbonyl (C=O) groups excluding carboxylic acids is 2. The molecule has 8 heteroatoms. The molecule has 0 fully saturated rings. The van der Waals surface area contributed by atoms with E-state index in [1.54, 1.807) is 0 Å². The number of esters is 1. The van der Waals surface area contributed by atoms with Crippen molar-refractivity contribution in [2.24, 2.45) is 0 Å². The van der Waals surface area contributed by atoms with E-state index in [1.807, 2.05) is 36.4 Å². The SMILES string of the molecule is COC(=O)c1cc(N)ccc1C(O)C(O)CCNC(=O)OCC1c2ccccc2-c2ccccc21. The molecule has 0 radical (unpaired) electrons. The van der Waals surface area contributed by atoms with Gasteiger partial charge in [0.15, 0.2) is 0 Å². The highest BCUT2D eigenvalue weighted by atomic mass is 16.5. The number of rotatable bonds is 8. The molecule has 4 rings (SSSR count). The lowest BCUT2D eigenvalue weighted by molar-refractivity contribution is 0.0125. The van der Waals surface area contributed by atoms with Gasteiger partial charge in [-0.1, -0.05) is 54.6 Å². The van der Waals surface area contributed by atoms with Crippen molar-refractivity contribution < 1.29 is 29.3 Å². The van der Waals surface area contributed by atoms with Crippen molar-refractivity contribution in [2.75, 3.05) is 26.0 Å². The summed E-state index contributed by atoms with van der Waals surface area (Å²) in [5.41, 5.74) is 10.8. The number of ether oxygens (including phenoxy) is 2. The van der Waals surface area contributed by atoms with Crippen molar-refractivity contribution in [3.63, 3.8) is 0 Å². The number of aliphatic hydroxyl groups is 2. The Morgan fingerprint density at radius 3 is 2.26 bits per heavy atom. The number of alkyl carbamates (subject to hydrolysis) is 1. The first kappa shape index (κ1) is 24.3. The zero-order valence-electron chi connectivity index (χ0n) is 19.3. The van der Waals surface area contributed by atoms with Gasteiger partial charge >= 0.3 is 12.1 Å². The summed E-state index contributed by atoms with van der Waals surface area (Å²) in [5.74, 6) is -0.724. The molecular formula is C27H28N2O6. The van der Waals surface area contributed by atoms with Crippen LogP contribution in [-0.4, -0.2) is 48.6 Å². The normalized spacial score (nSPS) is 13.9. The van der Waals surface area contributed by atoms with Gasteiger partial charge in [0, 0.05) is 18.2 Å². The van der Waals surface area contributed by atoms with Gasteiger partial charge in [0.1, 0.15) is 12.7 Å². The molecule has 1 amide bonds. The molecular weight excluding hydrogens is 448 g/mol. The van der Waals surface area contributed by atoms with Crippen LogP contribution < -0.4 is 11.1 Å². The van der Waals surface area contributed by atoms with Crippen molar-refractivity contribution in [3.8, 4) is 11.1 Å². The molecule has 0 saturated carbocycles. The van der Waals surface area contributed by atoms with E-state index < -0.39 is 24.3 Å². The van der Waals surface area contributed by atoms with Crippen LogP contribution in [0.5, 0.6) is 0 Å². The lowest BCUT2D eigenvalue weighted by Crippen LogP contribution is -2.31. The van der Waals surface area contributed by atoms with Gasteiger partial charge in [0.05, 0.1) is 18.8 Å². The first-order valence-corrected chi connectivity index (χ1v) is 11.3. The first-order chi connectivity index (χ1) is 16.9. The van der Waals surface area contributed by atoms with Crippen molar-refractivity contribution >= 4 is 17.7 Å². The summed E-state index contributed by atoms with van der Waals surface area (Å²) in [6, 6.07) is 20.5. The fourth-order valence-corrected chi connectivity index (χ4v) is 4.46. The Kier molecular flexibility index (Phi) is 7.33. The van der Waals surface area contributed by atoms with E-state index in [0.717, 1.165) is 22.3 Å². The minimum atomic E-state index is -1.37. The molecule has 0 saturated heterocycles. The van der Waals surface area contributed by atoms with Crippen molar-refractivity contribution in [3.05, 3.63) is 89.0 Å². The summed E-state index contributed by atoms with van der Waals surface area (Å²) < 4.78 is 10.2. The summed E-state index contributed by atoms with van der Waals surface area (Å²) >= 11 is 0. The first-order valence-electron chi connectivity index (χ1n) is 11.3. The highest BCUT2D eigenvalue weighted by Crippen LogP contribution is 2.44. The van der Waals surface area contributed by atoms with Crippen LogP contribution in [0, 0.1) is 0 Å². The Bertz CT molecular complexity index is 1180. The Morgan fingerprint density at radius 2 is 1.63 bits per heavy atom. The molecule has 1 aliphatic carbocycles.